The van der Waals surface area contributed by atoms with Crippen LogP contribution in [-0.4, -0.2) is 15.9 Å². The summed E-state index contributed by atoms with van der Waals surface area (Å²) in [5.74, 6) is 3.12. The molecule has 2 N–H and O–H groups in total. The van der Waals surface area contributed by atoms with Gasteiger partial charge in [-0.25, -0.2) is 0 Å². The molecule has 0 fully saturated rings. The normalized spacial score (nSPS) is 10.8. The van der Waals surface area contributed by atoms with Crippen molar-refractivity contribution in [1.82, 2.24) is 10.1 Å². The molecular formula is C13H17N3OS. The van der Waals surface area contributed by atoms with Gasteiger partial charge in [-0.2, -0.15) is 16.7 Å². The van der Waals surface area contributed by atoms with Crippen molar-refractivity contribution in [3.63, 3.8) is 0 Å². The van der Waals surface area contributed by atoms with E-state index < -0.39 is 0 Å². The Hall–Kier alpha value is -1.49. The SMILES string of the molecule is CCCSCc1noc(-c2cccc(C)c2N)n1. The molecule has 0 bridgehead atoms. The number of nitrogens with two attached hydrogens (primary N) is 1. The van der Waals surface area contributed by atoms with Gasteiger partial charge < -0.3 is 10.3 Å². The third-order valence-electron chi connectivity index (χ3n) is 2.60. The van der Waals surface area contributed by atoms with E-state index in [1.807, 2.05) is 25.1 Å². The van der Waals surface area contributed by atoms with Gasteiger partial charge in [-0.3, -0.25) is 0 Å². The molecule has 0 aliphatic rings. The van der Waals surface area contributed by atoms with E-state index in [1.54, 1.807) is 11.8 Å². The first-order chi connectivity index (χ1) is 8.72. The summed E-state index contributed by atoms with van der Waals surface area (Å²) >= 11 is 1.81. The lowest BCUT2D eigenvalue weighted by Crippen LogP contribution is -1.93. The highest BCUT2D eigenvalue weighted by Gasteiger charge is 2.12. The van der Waals surface area contributed by atoms with Crippen molar-refractivity contribution in [1.29, 1.82) is 0 Å². The standard InChI is InChI=1S/C13H17N3OS/c1-3-7-18-8-11-15-13(17-16-11)10-6-4-5-9(2)12(10)14/h4-6H,3,7-8,14H2,1-2H3. The van der Waals surface area contributed by atoms with Crippen LogP contribution in [0.4, 0.5) is 5.69 Å². The Morgan fingerprint density at radius 1 is 1.39 bits per heavy atom. The van der Waals surface area contributed by atoms with Gasteiger partial charge in [0.15, 0.2) is 5.82 Å². The molecule has 0 atom stereocenters. The van der Waals surface area contributed by atoms with Crippen LogP contribution < -0.4 is 5.73 Å². The molecule has 0 aliphatic carbocycles. The van der Waals surface area contributed by atoms with Crippen molar-refractivity contribution < 1.29 is 4.52 Å². The number of hydrogen-bond donors (Lipinski definition) is 1. The number of para-hydroxylation sites is 1. The van der Waals surface area contributed by atoms with E-state index >= 15 is 0 Å². The summed E-state index contributed by atoms with van der Waals surface area (Å²) in [4.78, 5) is 4.38. The first kappa shape index (κ1) is 13.0. The maximum Gasteiger partial charge on any atom is 0.260 e. The zero-order valence-corrected chi connectivity index (χ0v) is 11.5. The third kappa shape index (κ3) is 2.85. The monoisotopic (exact) mass is 263 g/mol. The molecule has 1 heterocycles. The van der Waals surface area contributed by atoms with Crippen molar-refractivity contribution in [2.24, 2.45) is 0 Å². The minimum absolute atomic E-state index is 0.503. The Kier molecular flexibility index (Phi) is 4.25. The molecule has 2 rings (SSSR count). The molecule has 0 saturated carbocycles. The van der Waals surface area contributed by atoms with Gasteiger partial charge >= 0.3 is 0 Å². The fraction of sp³-hybridized carbons (Fsp3) is 0.385. The predicted molar refractivity (Wildman–Crippen MR) is 75.3 cm³/mol. The van der Waals surface area contributed by atoms with E-state index in [-0.39, 0.29) is 0 Å². The van der Waals surface area contributed by atoms with Crippen molar-refractivity contribution in [3.05, 3.63) is 29.6 Å². The number of benzene rings is 1. The second-order valence-corrected chi connectivity index (χ2v) is 5.21. The number of nitrogens with zero attached hydrogens (tertiary/aromatic N) is 2. The maximum atomic E-state index is 6.01. The lowest BCUT2D eigenvalue weighted by Gasteiger charge is -2.02. The molecule has 5 heteroatoms. The van der Waals surface area contributed by atoms with Gasteiger partial charge in [0.2, 0.25) is 0 Å². The lowest BCUT2D eigenvalue weighted by atomic mass is 10.1. The second kappa shape index (κ2) is 5.91. The van der Waals surface area contributed by atoms with E-state index in [9.17, 15) is 0 Å². The molecular weight excluding hydrogens is 246 g/mol. The van der Waals surface area contributed by atoms with Gasteiger partial charge in [-0.05, 0) is 30.7 Å². The molecule has 0 spiro atoms. The highest BCUT2D eigenvalue weighted by atomic mass is 32.2. The topological polar surface area (TPSA) is 64.9 Å². The van der Waals surface area contributed by atoms with E-state index in [2.05, 4.69) is 17.1 Å². The minimum Gasteiger partial charge on any atom is -0.398 e. The van der Waals surface area contributed by atoms with Crippen LogP contribution in [0.2, 0.25) is 0 Å². The highest BCUT2D eigenvalue weighted by Crippen LogP contribution is 2.27. The van der Waals surface area contributed by atoms with Gasteiger partial charge in [-0.1, -0.05) is 24.2 Å². The number of anilines is 1. The summed E-state index contributed by atoms with van der Waals surface area (Å²) in [7, 11) is 0. The van der Waals surface area contributed by atoms with Crippen LogP contribution in [0.5, 0.6) is 0 Å². The van der Waals surface area contributed by atoms with Crippen LogP contribution in [0.15, 0.2) is 22.7 Å². The van der Waals surface area contributed by atoms with Crippen molar-refractivity contribution in [2.45, 2.75) is 26.0 Å². The number of aromatic nitrogens is 2. The van der Waals surface area contributed by atoms with Crippen LogP contribution in [0.1, 0.15) is 24.7 Å². The van der Waals surface area contributed by atoms with Gasteiger partial charge in [-0.15, -0.1) is 0 Å². The molecule has 96 valence electrons. The fourth-order valence-corrected chi connectivity index (χ4v) is 2.33. The Labute approximate surface area is 111 Å². The molecule has 0 unspecified atom stereocenters. The molecule has 0 amide bonds. The van der Waals surface area contributed by atoms with Gasteiger partial charge in [0.1, 0.15) is 0 Å². The first-order valence-electron chi connectivity index (χ1n) is 5.98. The molecule has 0 saturated heterocycles. The zero-order chi connectivity index (χ0) is 13.0. The quantitative estimate of drug-likeness (QED) is 0.662. The van der Waals surface area contributed by atoms with Gasteiger partial charge in [0, 0.05) is 5.69 Å². The number of aryl methyl sites for hydroxylation is 1. The van der Waals surface area contributed by atoms with E-state index in [1.165, 1.54) is 0 Å². The average Bonchev–Trinajstić information content (AvgIpc) is 2.82. The first-order valence-corrected chi connectivity index (χ1v) is 7.13. The predicted octanol–water partition coefficient (Wildman–Crippen LogP) is 3.27. The summed E-state index contributed by atoms with van der Waals surface area (Å²) in [5.41, 5.74) is 8.55. The van der Waals surface area contributed by atoms with Crippen LogP contribution in [-0.2, 0) is 5.75 Å². The Balaban J connectivity index is 2.16. The smallest absolute Gasteiger partial charge is 0.260 e. The lowest BCUT2D eigenvalue weighted by molar-refractivity contribution is 0.425. The van der Waals surface area contributed by atoms with Crippen LogP contribution in [0, 0.1) is 6.92 Å². The summed E-state index contributed by atoms with van der Waals surface area (Å²) in [6.07, 6.45) is 1.15. The second-order valence-electron chi connectivity index (χ2n) is 4.10. The van der Waals surface area contributed by atoms with Crippen molar-refractivity contribution in [3.8, 4) is 11.5 Å². The average molecular weight is 263 g/mol. The maximum absolute atomic E-state index is 6.01. The molecule has 1 aromatic carbocycles. The van der Waals surface area contributed by atoms with Crippen molar-refractivity contribution in [2.75, 3.05) is 11.5 Å². The van der Waals surface area contributed by atoms with Crippen molar-refractivity contribution >= 4 is 17.4 Å². The van der Waals surface area contributed by atoms with E-state index in [4.69, 9.17) is 10.3 Å². The molecule has 4 nitrogen and oxygen atoms in total. The number of thioether (sulfide) groups is 1. The molecule has 2 aromatic rings. The summed E-state index contributed by atoms with van der Waals surface area (Å²) < 4.78 is 5.26. The van der Waals surface area contributed by atoms with Gasteiger partial charge in [0.25, 0.3) is 5.89 Å². The Morgan fingerprint density at radius 2 is 2.22 bits per heavy atom. The zero-order valence-electron chi connectivity index (χ0n) is 10.6. The summed E-state index contributed by atoms with van der Waals surface area (Å²) in [5, 5.41) is 3.97. The van der Waals surface area contributed by atoms with E-state index in [0.29, 0.717) is 11.6 Å². The largest absolute Gasteiger partial charge is 0.398 e. The van der Waals surface area contributed by atoms with Gasteiger partial charge in [0.05, 0.1) is 11.3 Å². The number of hydrogen-bond acceptors (Lipinski definition) is 5. The summed E-state index contributed by atoms with van der Waals surface area (Å²) in [6, 6.07) is 5.81. The van der Waals surface area contributed by atoms with Crippen LogP contribution in [0.25, 0.3) is 11.5 Å². The Bertz CT molecular complexity index is 525. The third-order valence-corrected chi connectivity index (χ3v) is 3.76. The van der Waals surface area contributed by atoms with E-state index in [0.717, 1.165) is 34.9 Å². The summed E-state index contributed by atoms with van der Waals surface area (Å²) in [6.45, 7) is 4.12. The molecule has 0 aliphatic heterocycles. The fourth-order valence-electron chi connectivity index (χ4n) is 1.60. The number of nitrogen functional groups attached to an aromatic ring is 1. The molecule has 18 heavy (non-hydrogen) atoms. The Morgan fingerprint density at radius 3 is 3.00 bits per heavy atom. The highest BCUT2D eigenvalue weighted by molar-refractivity contribution is 7.98. The molecule has 0 radical (unpaired) electrons. The number of rotatable bonds is 5. The molecule has 1 aromatic heterocycles. The van der Waals surface area contributed by atoms with Crippen LogP contribution in [0.3, 0.4) is 0 Å². The minimum atomic E-state index is 0.503. The van der Waals surface area contributed by atoms with Crippen LogP contribution >= 0.6 is 11.8 Å².